The van der Waals surface area contributed by atoms with E-state index in [0.717, 1.165) is 32.1 Å². The molecule has 150 valence electrons. The van der Waals surface area contributed by atoms with Gasteiger partial charge in [0.2, 0.25) is 10.0 Å². The van der Waals surface area contributed by atoms with Crippen LogP contribution in [0.15, 0.2) is 23.1 Å². The summed E-state index contributed by atoms with van der Waals surface area (Å²) in [7, 11) is -3.70. The van der Waals surface area contributed by atoms with E-state index < -0.39 is 14.9 Å². The minimum absolute atomic E-state index is 0.00165. The van der Waals surface area contributed by atoms with Gasteiger partial charge < -0.3 is 9.64 Å². The number of benzene rings is 1. The van der Waals surface area contributed by atoms with E-state index in [-0.39, 0.29) is 16.7 Å². The Morgan fingerprint density at radius 2 is 1.93 bits per heavy atom. The first-order valence-electron chi connectivity index (χ1n) is 9.58. The first-order chi connectivity index (χ1) is 12.9. The van der Waals surface area contributed by atoms with Crippen molar-refractivity contribution in [1.82, 2.24) is 4.31 Å². The molecule has 0 aliphatic carbocycles. The van der Waals surface area contributed by atoms with Crippen LogP contribution in [-0.2, 0) is 14.8 Å². The molecular formula is C18H27N3O5S. The third kappa shape index (κ3) is 4.41. The van der Waals surface area contributed by atoms with Gasteiger partial charge in [-0.1, -0.05) is 6.42 Å². The first kappa shape index (κ1) is 20.0. The lowest BCUT2D eigenvalue weighted by Gasteiger charge is -2.34. The molecule has 0 saturated carbocycles. The van der Waals surface area contributed by atoms with Gasteiger partial charge in [0.05, 0.1) is 15.9 Å². The van der Waals surface area contributed by atoms with E-state index in [9.17, 15) is 18.5 Å². The maximum Gasteiger partial charge on any atom is 0.293 e. The number of anilines is 1. The highest BCUT2D eigenvalue weighted by molar-refractivity contribution is 7.89. The number of nitro benzene ring substituents is 1. The molecule has 2 heterocycles. The summed E-state index contributed by atoms with van der Waals surface area (Å²) >= 11 is 0. The van der Waals surface area contributed by atoms with Crippen molar-refractivity contribution >= 4 is 21.4 Å². The normalized spacial score (nSPS) is 22.0. The molecule has 2 fully saturated rings. The number of ether oxygens (including phenoxy) is 1. The monoisotopic (exact) mass is 397 g/mol. The molecule has 0 N–H and O–H groups in total. The van der Waals surface area contributed by atoms with Crippen molar-refractivity contribution in [2.24, 2.45) is 0 Å². The number of nitrogens with zero attached hydrogens (tertiary/aromatic N) is 3. The van der Waals surface area contributed by atoms with Crippen LogP contribution in [0.25, 0.3) is 0 Å². The van der Waals surface area contributed by atoms with E-state index in [2.05, 4.69) is 0 Å². The molecule has 27 heavy (non-hydrogen) atoms. The quantitative estimate of drug-likeness (QED) is 0.541. The van der Waals surface area contributed by atoms with Crippen molar-refractivity contribution in [1.29, 1.82) is 0 Å². The Balaban J connectivity index is 1.90. The summed E-state index contributed by atoms with van der Waals surface area (Å²) in [5, 5.41) is 11.7. The second-order valence-corrected chi connectivity index (χ2v) is 8.98. The smallest absolute Gasteiger partial charge is 0.293 e. The fourth-order valence-corrected chi connectivity index (χ4v) is 5.40. The Morgan fingerprint density at radius 1 is 1.19 bits per heavy atom. The molecule has 2 saturated heterocycles. The first-order valence-corrected chi connectivity index (χ1v) is 11.0. The number of hydrogen-bond donors (Lipinski definition) is 0. The van der Waals surface area contributed by atoms with Crippen LogP contribution in [0.3, 0.4) is 0 Å². The number of piperidine rings is 2. The minimum atomic E-state index is -3.70. The predicted molar refractivity (Wildman–Crippen MR) is 103 cm³/mol. The van der Waals surface area contributed by atoms with Crippen LogP contribution in [0.4, 0.5) is 11.4 Å². The predicted octanol–water partition coefficient (Wildman–Crippen LogP) is 2.77. The third-order valence-corrected chi connectivity index (χ3v) is 7.11. The zero-order valence-electron chi connectivity index (χ0n) is 15.7. The Bertz CT molecular complexity index is 775. The molecule has 1 atom stereocenters. The summed E-state index contributed by atoms with van der Waals surface area (Å²) in [6.07, 6.45) is 4.52. The summed E-state index contributed by atoms with van der Waals surface area (Å²) in [4.78, 5) is 13.1. The van der Waals surface area contributed by atoms with Crippen molar-refractivity contribution in [2.75, 3.05) is 37.7 Å². The van der Waals surface area contributed by atoms with Gasteiger partial charge in [-0.2, -0.15) is 4.31 Å². The lowest BCUT2D eigenvalue weighted by molar-refractivity contribution is -0.384. The molecule has 1 aromatic rings. The average Bonchev–Trinajstić information content (AvgIpc) is 2.68. The van der Waals surface area contributed by atoms with E-state index in [1.165, 1.54) is 16.4 Å². The van der Waals surface area contributed by atoms with Crippen LogP contribution >= 0.6 is 0 Å². The molecule has 0 spiro atoms. The van der Waals surface area contributed by atoms with Crippen LogP contribution in [-0.4, -0.2) is 56.5 Å². The topological polar surface area (TPSA) is 93.0 Å². The maximum atomic E-state index is 12.9. The largest absolute Gasteiger partial charge is 0.377 e. The molecule has 2 aliphatic rings. The molecule has 1 unspecified atom stereocenters. The van der Waals surface area contributed by atoms with Gasteiger partial charge >= 0.3 is 0 Å². The van der Waals surface area contributed by atoms with Crippen molar-refractivity contribution in [2.45, 2.75) is 50.0 Å². The number of nitro groups is 1. The van der Waals surface area contributed by atoms with E-state index in [4.69, 9.17) is 4.74 Å². The van der Waals surface area contributed by atoms with Crippen LogP contribution in [0.5, 0.6) is 0 Å². The van der Waals surface area contributed by atoms with Crippen LogP contribution < -0.4 is 4.90 Å². The molecule has 0 bridgehead atoms. The number of rotatable bonds is 6. The molecular weight excluding hydrogens is 370 g/mol. The second-order valence-electron chi connectivity index (χ2n) is 7.04. The molecule has 0 amide bonds. The Morgan fingerprint density at radius 3 is 2.59 bits per heavy atom. The maximum absolute atomic E-state index is 12.9. The number of sulfonamides is 1. The zero-order valence-corrected chi connectivity index (χ0v) is 16.5. The Hall–Kier alpha value is -1.71. The molecule has 3 rings (SSSR count). The Kier molecular flexibility index (Phi) is 6.33. The van der Waals surface area contributed by atoms with E-state index in [1.54, 1.807) is 6.07 Å². The van der Waals surface area contributed by atoms with Crippen molar-refractivity contribution < 1.29 is 18.1 Å². The molecule has 0 aromatic heterocycles. The summed E-state index contributed by atoms with van der Waals surface area (Å²) in [5.41, 5.74) is 0.298. The van der Waals surface area contributed by atoms with Gasteiger partial charge in [-0.05, 0) is 44.7 Å². The Labute approximate surface area is 160 Å². The van der Waals surface area contributed by atoms with Crippen molar-refractivity contribution in [3.05, 3.63) is 28.3 Å². The fourth-order valence-electron chi connectivity index (χ4n) is 3.86. The highest BCUT2D eigenvalue weighted by atomic mass is 32.2. The van der Waals surface area contributed by atoms with Crippen LogP contribution in [0.1, 0.15) is 39.0 Å². The van der Waals surface area contributed by atoms with Gasteiger partial charge in [-0.3, -0.25) is 10.1 Å². The van der Waals surface area contributed by atoms with Crippen molar-refractivity contribution in [3.63, 3.8) is 0 Å². The third-order valence-electron chi connectivity index (χ3n) is 5.22. The average molecular weight is 397 g/mol. The van der Waals surface area contributed by atoms with Gasteiger partial charge in [-0.25, -0.2) is 8.42 Å². The van der Waals surface area contributed by atoms with Crippen LogP contribution in [0.2, 0.25) is 0 Å². The number of hydrogen-bond acceptors (Lipinski definition) is 6. The highest BCUT2D eigenvalue weighted by Gasteiger charge is 2.31. The summed E-state index contributed by atoms with van der Waals surface area (Å²) in [6, 6.07) is 4.28. The van der Waals surface area contributed by atoms with Gasteiger partial charge in [0.1, 0.15) is 5.69 Å². The molecule has 1 aromatic carbocycles. The zero-order chi connectivity index (χ0) is 19.4. The lowest BCUT2D eigenvalue weighted by Crippen LogP contribution is -2.40. The lowest BCUT2D eigenvalue weighted by atomic mass is 10.1. The SMILES string of the molecule is CCOC1CCCN(c2ccc(S(=O)(=O)N3CCCCC3)cc2[N+](=O)[O-])C1. The molecule has 2 aliphatic heterocycles. The van der Waals surface area contributed by atoms with Crippen LogP contribution in [0, 0.1) is 10.1 Å². The summed E-state index contributed by atoms with van der Waals surface area (Å²) in [6.45, 7) is 4.75. The summed E-state index contributed by atoms with van der Waals surface area (Å²) < 4.78 is 32.8. The second kappa shape index (κ2) is 8.53. The standard InChI is InChI=1S/C18H27N3O5S/c1-2-26-15-7-6-10-19(14-15)17-9-8-16(13-18(17)21(22)23)27(24,25)20-11-4-3-5-12-20/h8-9,13,15H,2-7,10-12,14H2,1H3. The van der Waals surface area contributed by atoms with Gasteiger partial charge in [-0.15, -0.1) is 0 Å². The summed E-state index contributed by atoms with van der Waals surface area (Å²) in [5.74, 6) is 0. The fraction of sp³-hybridized carbons (Fsp3) is 0.667. The van der Waals surface area contributed by atoms with Gasteiger partial charge in [0, 0.05) is 38.9 Å². The minimum Gasteiger partial charge on any atom is -0.377 e. The van der Waals surface area contributed by atoms with E-state index in [0.29, 0.717) is 38.5 Å². The van der Waals surface area contributed by atoms with E-state index >= 15 is 0 Å². The van der Waals surface area contributed by atoms with E-state index in [1.807, 2.05) is 11.8 Å². The molecule has 0 radical (unpaired) electrons. The molecule has 9 heteroatoms. The highest BCUT2D eigenvalue weighted by Crippen LogP contribution is 2.34. The van der Waals surface area contributed by atoms with Gasteiger partial charge in [0.25, 0.3) is 5.69 Å². The molecule has 8 nitrogen and oxygen atoms in total. The van der Waals surface area contributed by atoms with Gasteiger partial charge in [0.15, 0.2) is 0 Å². The van der Waals surface area contributed by atoms with Crippen molar-refractivity contribution in [3.8, 4) is 0 Å².